The minimum absolute atomic E-state index is 0.0619. The Labute approximate surface area is 190 Å². The Bertz CT molecular complexity index is 1040. The average Bonchev–Trinajstić information content (AvgIpc) is 3.35. The van der Waals surface area contributed by atoms with Gasteiger partial charge in [0, 0.05) is 25.6 Å². The van der Waals surface area contributed by atoms with Gasteiger partial charge in [0.05, 0.1) is 26.7 Å². The largest absolute Gasteiger partial charge is 0.347 e. The number of carbonyl (C=O) groups is 1. The second-order valence-electron chi connectivity index (χ2n) is 8.00. The molecule has 8 heteroatoms. The van der Waals surface area contributed by atoms with Gasteiger partial charge in [-0.15, -0.1) is 11.3 Å². The van der Waals surface area contributed by atoms with Crippen LogP contribution in [0.1, 0.15) is 40.9 Å². The van der Waals surface area contributed by atoms with E-state index in [-0.39, 0.29) is 23.7 Å². The zero-order chi connectivity index (χ0) is 22.0. The van der Waals surface area contributed by atoms with Crippen LogP contribution in [0, 0.1) is 11.7 Å². The van der Waals surface area contributed by atoms with Crippen molar-refractivity contribution in [1.29, 1.82) is 0 Å². The van der Waals surface area contributed by atoms with Gasteiger partial charge in [0.25, 0.3) is 5.91 Å². The van der Waals surface area contributed by atoms with Crippen molar-refractivity contribution in [1.82, 2.24) is 20.4 Å². The van der Waals surface area contributed by atoms with Crippen LogP contribution in [0.15, 0.2) is 42.6 Å². The highest BCUT2D eigenvalue weighted by Crippen LogP contribution is 2.35. The van der Waals surface area contributed by atoms with Gasteiger partial charge >= 0.3 is 0 Å². The Morgan fingerprint density at radius 1 is 1.35 bits per heavy atom. The predicted molar refractivity (Wildman–Crippen MR) is 123 cm³/mol. The van der Waals surface area contributed by atoms with Crippen molar-refractivity contribution in [2.24, 2.45) is 13.0 Å². The SMILES string of the molecule is CCCC1CNC[C@@H](NC(=O)c2ccc(-c3c(Cl)cnn3C)s2)[C@@H]1c1cccc(F)c1. The summed E-state index contributed by atoms with van der Waals surface area (Å²) >= 11 is 7.64. The van der Waals surface area contributed by atoms with Gasteiger partial charge in [-0.3, -0.25) is 9.48 Å². The zero-order valence-corrected chi connectivity index (χ0v) is 19.1. The molecule has 0 bridgehead atoms. The van der Waals surface area contributed by atoms with E-state index in [0.29, 0.717) is 22.4 Å². The van der Waals surface area contributed by atoms with E-state index in [4.69, 9.17) is 11.6 Å². The Morgan fingerprint density at radius 2 is 2.19 bits per heavy atom. The summed E-state index contributed by atoms with van der Waals surface area (Å²) in [7, 11) is 1.83. The number of carbonyl (C=O) groups excluding carboxylic acids is 1. The van der Waals surface area contributed by atoms with Gasteiger partial charge in [-0.2, -0.15) is 5.10 Å². The van der Waals surface area contributed by atoms with Gasteiger partial charge in [-0.25, -0.2) is 4.39 Å². The number of hydrogen-bond acceptors (Lipinski definition) is 4. The van der Waals surface area contributed by atoms with Gasteiger partial charge < -0.3 is 10.6 Å². The quantitative estimate of drug-likeness (QED) is 0.553. The molecule has 1 aliphatic rings. The van der Waals surface area contributed by atoms with Gasteiger partial charge in [0.2, 0.25) is 0 Å². The molecule has 0 saturated carbocycles. The summed E-state index contributed by atoms with van der Waals surface area (Å²) in [6, 6.07) is 10.4. The number of benzene rings is 1. The molecule has 0 spiro atoms. The number of halogens is 2. The fourth-order valence-corrected chi connectivity index (χ4v) is 5.86. The molecule has 164 valence electrons. The zero-order valence-electron chi connectivity index (χ0n) is 17.6. The molecule has 0 radical (unpaired) electrons. The third-order valence-corrected chi connectivity index (χ3v) is 7.25. The smallest absolute Gasteiger partial charge is 0.261 e. The Hall–Kier alpha value is -2.22. The van der Waals surface area contributed by atoms with Gasteiger partial charge in [-0.1, -0.05) is 37.1 Å². The van der Waals surface area contributed by atoms with Crippen LogP contribution < -0.4 is 10.6 Å². The lowest BCUT2D eigenvalue weighted by Crippen LogP contribution is -2.53. The predicted octanol–water partition coefficient (Wildman–Crippen LogP) is 4.84. The van der Waals surface area contributed by atoms with Crippen LogP contribution in [0.2, 0.25) is 5.02 Å². The van der Waals surface area contributed by atoms with Crippen molar-refractivity contribution in [2.75, 3.05) is 13.1 Å². The summed E-state index contributed by atoms with van der Waals surface area (Å²) in [5, 5.41) is 11.4. The van der Waals surface area contributed by atoms with Gasteiger partial charge in [-0.05, 0) is 48.7 Å². The first-order valence-electron chi connectivity index (χ1n) is 10.5. The van der Waals surface area contributed by atoms with E-state index in [1.54, 1.807) is 23.0 Å². The normalized spacial score (nSPS) is 21.2. The maximum atomic E-state index is 14.0. The molecule has 1 aliphatic heterocycles. The molecule has 3 heterocycles. The Kier molecular flexibility index (Phi) is 6.74. The molecule has 5 nitrogen and oxygen atoms in total. The number of nitrogens with one attached hydrogen (secondary N) is 2. The van der Waals surface area contributed by atoms with Crippen LogP contribution in [-0.2, 0) is 7.05 Å². The third kappa shape index (κ3) is 4.68. The van der Waals surface area contributed by atoms with E-state index in [1.807, 2.05) is 25.2 Å². The molecule has 2 N–H and O–H groups in total. The number of hydrogen-bond donors (Lipinski definition) is 2. The lowest BCUT2D eigenvalue weighted by atomic mass is 9.76. The molecular weight excluding hydrogens is 435 g/mol. The highest BCUT2D eigenvalue weighted by atomic mass is 35.5. The lowest BCUT2D eigenvalue weighted by molar-refractivity contribution is 0.0916. The first kappa shape index (κ1) is 22.0. The summed E-state index contributed by atoms with van der Waals surface area (Å²) in [4.78, 5) is 14.6. The molecule has 1 unspecified atom stereocenters. The second kappa shape index (κ2) is 9.51. The van der Waals surface area contributed by atoms with E-state index in [2.05, 4.69) is 22.7 Å². The molecule has 1 aromatic carbocycles. The molecule has 31 heavy (non-hydrogen) atoms. The van der Waals surface area contributed by atoms with E-state index in [1.165, 1.54) is 17.4 Å². The molecule has 3 aromatic rings. The first-order chi connectivity index (χ1) is 15.0. The highest BCUT2D eigenvalue weighted by molar-refractivity contribution is 7.17. The monoisotopic (exact) mass is 460 g/mol. The van der Waals surface area contributed by atoms with Crippen molar-refractivity contribution in [3.63, 3.8) is 0 Å². The van der Waals surface area contributed by atoms with Gasteiger partial charge in [0.1, 0.15) is 5.82 Å². The number of aryl methyl sites for hydroxylation is 1. The number of thiophene rings is 1. The fourth-order valence-electron chi connectivity index (χ4n) is 4.53. The molecule has 3 atom stereocenters. The van der Waals surface area contributed by atoms with E-state index >= 15 is 0 Å². The number of aromatic nitrogens is 2. The minimum atomic E-state index is -0.243. The van der Waals surface area contributed by atoms with Crippen molar-refractivity contribution in [3.8, 4) is 10.6 Å². The maximum absolute atomic E-state index is 14.0. The van der Waals surface area contributed by atoms with Crippen LogP contribution in [0.3, 0.4) is 0 Å². The molecule has 2 aromatic heterocycles. The lowest BCUT2D eigenvalue weighted by Gasteiger charge is -2.39. The molecule has 4 rings (SSSR count). The molecule has 0 aliphatic carbocycles. The van der Waals surface area contributed by atoms with E-state index in [9.17, 15) is 9.18 Å². The average molecular weight is 461 g/mol. The number of piperidine rings is 1. The van der Waals surface area contributed by atoms with Gasteiger partial charge in [0.15, 0.2) is 0 Å². The molecule has 1 fully saturated rings. The standard InChI is InChI=1S/C23H26ClFN4OS/c1-3-5-15-11-26-13-18(21(15)14-6-4-7-16(25)10-14)28-23(30)20-9-8-19(31-20)22-17(24)12-27-29(22)2/h4,6-10,12,15,18,21,26H,3,5,11,13H2,1-2H3,(H,28,30)/t15?,18-,21-/m1/s1. The van der Waals surface area contributed by atoms with Crippen LogP contribution in [0.25, 0.3) is 10.6 Å². The number of amides is 1. The first-order valence-corrected chi connectivity index (χ1v) is 11.7. The summed E-state index contributed by atoms with van der Waals surface area (Å²) in [6.07, 6.45) is 3.66. The maximum Gasteiger partial charge on any atom is 0.261 e. The Morgan fingerprint density at radius 3 is 2.90 bits per heavy atom. The van der Waals surface area contributed by atoms with E-state index < -0.39 is 0 Å². The number of nitrogens with zero attached hydrogens (tertiary/aromatic N) is 2. The van der Waals surface area contributed by atoms with E-state index in [0.717, 1.165) is 35.5 Å². The summed E-state index contributed by atoms with van der Waals surface area (Å²) in [5.41, 5.74) is 1.74. The molecular formula is C23H26ClFN4OS. The van der Waals surface area contributed by atoms with Crippen LogP contribution in [0.4, 0.5) is 4.39 Å². The van der Waals surface area contributed by atoms with Crippen molar-refractivity contribution < 1.29 is 9.18 Å². The number of rotatable bonds is 6. The topological polar surface area (TPSA) is 58.9 Å². The van der Waals surface area contributed by atoms with Crippen molar-refractivity contribution >= 4 is 28.8 Å². The Balaban J connectivity index is 1.57. The molecule has 1 amide bonds. The molecule has 1 saturated heterocycles. The summed E-state index contributed by atoms with van der Waals surface area (Å²) in [5.74, 6) is 0.0250. The second-order valence-corrected chi connectivity index (χ2v) is 9.49. The highest BCUT2D eigenvalue weighted by Gasteiger charge is 2.35. The van der Waals surface area contributed by atoms with Crippen LogP contribution in [0.5, 0.6) is 0 Å². The third-order valence-electron chi connectivity index (χ3n) is 5.88. The van der Waals surface area contributed by atoms with Crippen LogP contribution >= 0.6 is 22.9 Å². The minimum Gasteiger partial charge on any atom is -0.347 e. The van der Waals surface area contributed by atoms with Crippen molar-refractivity contribution in [2.45, 2.75) is 31.7 Å². The fraction of sp³-hybridized carbons (Fsp3) is 0.391. The summed E-state index contributed by atoms with van der Waals surface area (Å²) < 4.78 is 15.7. The summed E-state index contributed by atoms with van der Waals surface area (Å²) in [6.45, 7) is 3.67. The van der Waals surface area contributed by atoms with Crippen molar-refractivity contribution in [3.05, 3.63) is 63.9 Å². The van der Waals surface area contributed by atoms with Crippen LogP contribution in [-0.4, -0.2) is 34.8 Å².